The van der Waals surface area contributed by atoms with Crippen LogP contribution in [-0.2, 0) is 6.61 Å². The molecular weight excluding hydrogens is 378 g/mol. The molecule has 0 aliphatic rings. The van der Waals surface area contributed by atoms with Gasteiger partial charge in [-0.05, 0) is 30.2 Å². The molecule has 1 aromatic heterocycles. The molecule has 0 amide bonds. The van der Waals surface area contributed by atoms with E-state index in [1.54, 1.807) is 6.21 Å². The Balaban J connectivity index is 1.35. The molecule has 3 aromatic carbocycles. The monoisotopic (exact) mass is 399 g/mol. The predicted molar refractivity (Wildman–Crippen MR) is 121 cm³/mol. The van der Waals surface area contributed by atoms with Crippen LogP contribution in [0.15, 0.2) is 89.3 Å². The van der Waals surface area contributed by atoms with Gasteiger partial charge in [0.05, 0.1) is 11.9 Å². The van der Waals surface area contributed by atoms with Crippen molar-refractivity contribution in [3.05, 3.63) is 101 Å². The first kappa shape index (κ1) is 18.9. The zero-order chi connectivity index (χ0) is 19.9. The molecule has 144 valence electrons. The Labute approximate surface area is 174 Å². The summed E-state index contributed by atoms with van der Waals surface area (Å²) in [5.74, 6) is 0.814. The summed E-state index contributed by atoms with van der Waals surface area (Å²) in [5, 5.41) is 7.10. The number of hydrogen-bond donors (Lipinski definition) is 1. The van der Waals surface area contributed by atoms with Crippen LogP contribution >= 0.6 is 11.3 Å². The van der Waals surface area contributed by atoms with E-state index in [-0.39, 0.29) is 0 Å². The maximum Gasteiger partial charge on any atom is 0.203 e. The molecule has 0 aliphatic carbocycles. The van der Waals surface area contributed by atoms with Gasteiger partial charge in [-0.2, -0.15) is 5.10 Å². The number of hydrogen-bond acceptors (Lipinski definition) is 5. The average Bonchev–Trinajstić information content (AvgIpc) is 3.23. The summed E-state index contributed by atoms with van der Waals surface area (Å²) >= 11 is 1.53. The lowest BCUT2D eigenvalue weighted by Crippen LogP contribution is -1.96. The normalized spacial score (nSPS) is 10.9. The number of benzene rings is 3. The van der Waals surface area contributed by atoms with Gasteiger partial charge in [0.2, 0.25) is 5.13 Å². The molecule has 0 saturated carbocycles. The summed E-state index contributed by atoms with van der Waals surface area (Å²) in [6.07, 6.45) is 1.77. The average molecular weight is 400 g/mol. The van der Waals surface area contributed by atoms with Gasteiger partial charge in [0.1, 0.15) is 12.4 Å². The van der Waals surface area contributed by atoms with Gasteiger partial charge in [0.25, 0.3) is 0 Å². The molecule has 29 heavy (non-hydrogen) atoms. The van der Waals surface area contributed by atoms with E-state index in [0.29, 0.717) is 6.61 Å². The fraction of sp³-hybridized carbons (Fsp3) is 0.0833. The fourth-order valence-electron chi connectivity index (χ4n) is 2.77. The second-order valence-corrected chi connectivity index (χ2v) is 7.48. The number of thiazole rings is 1. The molecule has 4 rings (SSSR count). The Morgan fingerprint density at radius 1 is 1.00 bits per heavy atom. The van der Waals surface area contributed by atoms with E-state index in [2.05, 4.69) is 46.7 Å². The zero-order valence-electron chi connectivity index (χ0n) is 16.1. The van der Waals surface area contributed by atoms with E-state index >= 15 is 0 Å². The molecule has 1 N–H and O–H groups in total. The second-order valence-electron chi connectivity index (χ2n) is 6.62. The van der Waals surface area contributed by atoms with Crippen LogP contribution in [0.2, 0.25) is 0 Å². The Kier molecular flexibility index (Phi) is 5.98. The molecule has 0 atom stereocenters. The number of aromatic nitrogens is 1. The summed E-state index contributed by atoms with van der Waals surface area (Å²) in [7, 11) is 0. The highest BCUT2D eigenvalue weighted by Gasteiger charge is 2.03. The first-order chi connectivity index (χ1) is 14.3. The quantitative estimate of drug-likeness (QED) is 0.300. The van der Waals surface area contributed by atoms with E-state index in [1.807, 2.05) is 60.0 Å². The Morgan fingerprint density at radius 2 is 1.83 bits per heavy atom. The molecule has 0 radical (unpaired) electrons. The van der Waals surface area contributed by atoms with Crippen LogP contribution in [0.25, 0.3) is 11.3 Å². The van der Waals surface area contributed by atoms with Crippen molar-refractivity contribution >= 4 is 22.7 Å². The molecule has 0 aliphatic heterocycles. The van der Waals surface area contributed by atoms with Gasteiger partial charge in [-0.1, -0.05) is 72.3 Å². The van der Waals surface area contributed by atoms with Crippen LogP contribution in [0.5, 0.6) is 5.75 Å². The van der Waals surface area contributed by atoms with Crippen LogP contribution < -0.4 is 10.2 Å². The van der Waals surface area contributed by atoms with E-state index in [1.165, 1.54) is 16.9 Å². The summed E-state index contributed by atoms with van der Waals surface area (Å²) < 4.78 is 5.87. The molecule has 0 unspecified atom stereocenters. The van der Waals surface area contributed by atoms with Crippen molar-refractivity contribution in [2.24, 2.45) is 5.10 Å². The summed E-state index contributed by atoms with van der Waals surface area (Å²) in [6.45, 7) is 2.62. The van der Waals surface area contributed by atoms with E-state index < -0.39 is 0 Å². The third-order valence-electron chi connectivity index (χ3n) is 4.33. The van der Waals surface area contributed by atoms with Crippen molar-refractivity contribution in [3.63, 3.8) is 0 Å². The van der Waals surface area contributed by atoms with Crippen LogP contribution in [0, 0.1) is 6.92 Å². The molecule has 0 bridgehead atoms. The molecule has 5 heteroatoms. The van der Waals surface area contributed by atoms with E-state index in [9.17, 15) is 0 Å². The lowest BCUT2D eigenvalue weighted by atomic mass is 10.1. The molecule has 4 aromatic rings. The molecule has 0 saturated heterocycles. The van der Waals surface area contributed by atoms with Crippen molar-refractivity contribution in [1.82, 2.24) is 4.98 Å². The molecule has 4 nitrogen and oxygen atoms in total. The molecule has 1 heterocycles. The third kappa shape index (κ3) is 5.30. The maximum absolute atomic E-state index is 5.87. The zero-order valence-corrected chi connectivity index (χ0v) is 16.9. The number of aryl methyl sites for hydroxylation is 1. The number of nitrogens with one attached hydrogen (secondary N) is 1. The van der Waals surface area contributed by atoms with Crippen LogP contribution in [0.4, 0.5) is 5.13 Å². The minimum absolute atomic E-state index is 0.542. The number of ether oxygens (including phenoxy) is 1. The largest absolute Gasteiger partial charge is 0.489 e. The van der Waals surface area contributed by atoms with Gasteiger partial charge in [-0.25, -0.2) is 4.98 Å². The van der Waals surface area contributed by atoms with Gasteiger partial charge >= 0.3 is 0 Å². The summed E-state index contributed by atoms with van der Waals surface area (Å²) in [6, 6.07) is 26.3. The van der Waals surface area contributed by atoms with Gasteiger partial charge < -0.3 is 4.74 Å². The standard InChI is InChI=1S/C24H21N3OS/c1-18-10-12-21(13-11-18)23-17-29-24(26-23)27-25-15-20-8-5-9-22(14-20)28-16-19-6-3-2-4-7-19/h2-15,17H,16H2,1H3,(H,26,27)/b25-15-. The lowest BCUT2D eigenvalue weighted by molar-refractivity contribution is 0.306. The van der Waals surface area contributed by atoms with Crippen molar-refractivity contribution < 1.29 is 4.74 Å². The molecule has 0 fully saturated rings. The molecular formula is C24H21N3OS. The van der Waals surface area contributed by atoms with Crippen molar-refractivity contribution in [2.45, 2.75) is 13.5 Å². The highest BCUT2D eigenvalue weighted by Crippen LogP contribution is 2.25. The van der Waals surface area contributed by atoms with Gasteiger partial charge in [-0.3, -0.25) is 5.43 Å². The van der Waals surface area contributed by atoms with Gasteiger partial charge in [0, 0.05) is 10.9 Å². The van der Waals surface area contributed by atoms with E-state index in [4.69, 9.17) is 4.74 Å². The summed E-state index contributed by atoms with van der Waals surface area (Å²) in [5.41, 5.74) is 8.39. The van der Waals surface area contributed by atoms with Crippen LogP contribution in [0.3, 0.4) is 0 Å². The Bertz CT molecular complexity index is 1090. The maximum atomic E-state index is 5.87. The highest BCUT2D eigenvalue weighted by atomic mass is 32.1. The SMILES string of the molecule is Cc1ccc(-c2csc(N/N=C\c3cccc(OCc4ccccc4)c3)n2)cc1. The van der Waals surface area contributed by atoms with Crippen LogP contribution in [0.1, 0.15) is 16.7 Å². The van der Waals surface area contributed by atoms with Crippen LogP contribution in [-0.4, -0.2) is 11.2 Å². The van der Waals surface area contributed by atoms with Gasteiger partial charge in [-0.15, -0.1) is 11.3 Å². The minimum atomic E-state index is 0.542. The van der Waals surface area contributed by atoms with Crippen molar-refractivity contribution in [1.29, 1.82) is 0 Å². The summed E-state index contributed by atoms with van der Waals surface area (Å²) in [4.78, 5) is 4.59. The number of hydrazone groups is 1. The Hall–Kier alpha value is -3.44. The van der Waals surface area contributed by atoms with Gasteiger partial charge in [0.15, 0.2) is 0 Å². The lowest BCUT2D eigenvalue weighted by Gasteiger charge is -2.06. The molecule has 0 spiro atoms. The number of rotatable bonds is 7. The number of nitrogens with zero attached hydrogens (tertiary/aromatic N) is 2. The first-order valence-corrected chi connectivity index (χ1v) is 10.2. The van der Waals surface area contributed by atoms with Crippen molar-refractivity contribution in [3.8, 4) is 17.0 Å². The topological polar surface area (TPSA) is 46.5 Å². The fourth-order valence-corrected chi connectivity index (χ4v) is 3.44. The second kappa shape index (κ2) is 9.17. The third-order valence-corrected chi connectivity index (χ3v) is 5.08. The first-order valence-electron chi connectivity index (χ1n) is 9.35. The minimum Gasteiger partial charge on any atom is -0.489 e. The smallest absolute Gasteiger partial charge is 0.203 e. The number of anilines is 1. The van der Waals surface area contributed by atoms with Crippen molar-refractivity contribution in [2.75, 3.05) is 5.43 Å². The highest BCUT2D eigenvalue weighted by molar-refractivity contribution is 7.14. The Morgan fingerprint density at radius 3 is 2.66 bits per heavy atom. The van der Waals surface area contributed by atoms with E-state index in [0.717, 1.165) is 33.3 Å². The predicted octanol–water partition coefficient (Wildman–Crippen LogP) is 6.14.